The van der Waals surface area contributed by atoms with E-state index in [4.69, 9.17) is 9.47 Å². The molecule has 8 heteroatoms. The van der Waals surface area contributed by atoms with Crippen LogP contribution in [0, 0.1) is 12.7 Å². The number of anilines is 2. The molecule has 2 aliphatic heterocycles. The summed E-state index contributed by atoms with van der Waals surface area (Å²) in [5.41, 5.74) is 3.79. The number of carbonyl (C=O) groups excluding carboxylic acids is 2. The lowest BCUT2D eigenvalue weighted by Crippen LogP contribution is -2.38. The summed E-state index contributed by atoms with van der Waals surface area (Å²) in [6, 6.07) is 9.94. The van der Waals surface area contributed by atoms with E-state index in [-0.39, 0.29) is 23.1 Å². The van der Waals surface area contributed by atoms with E-state index in [1.807, 2.05) is 13.0 Å². The van der Waals surface area contributed by atoms with E-state index in [9.17, 15) is 14.0 Å². The molecule has 4 rings (SSSR count). The monoisotopic (exact) mass is 486 g/mol. The molecule has 0 aromatic heterocycles. The Bertz CT molecular complexity index is 1020. The van der Waals surface area contributed by atoms with Crippen molar-refractivity contribution in [1.29, 1.82) is 0 Å². The van der Waals surface area contributed by atoms with E-state index in [2.05, 4.69) is 11.8 Å². The van der Waals surface area contributed by atoms with E-state index >= 15 is 0 Å². The average molecular weight is 487 g/mol. The topological polar surface area (TPSA) is 59.1 Å². The quantitative estimate of drug-likeness (QED) is 0.382. The van der Waals surface area contributed by atoms with Gasteiger partial charge in [-0.05, 0) is 48.7 Å². The fraction of sp³-hybridized carbons (Fsp3) is 0.462. The van der Waals surface area contributed by atoms with E-state index in [1.54, 1.807) is 23.1 Å². The zero-order chi connectivity index (χ0) is 24.1. The highest BCUT2D eigenvalue weighted by molar-refractivity contribution is 8.00. The van der Waals surface area contributed by atoms with Gasteiger partial charge in [0.1, 0.15) is 11.2 Å². The first-order chi connectivity index (χ1) is 16.5. The minimum Gasteiger partial charge on any atom is -0.462 e. The molecule has 34 heavy (non-hydrogen) atoms. The first-order valence-corrected chi connectivity index (χ1v) is 12.9. The van der Waals surface area contributed by atoms with Crippen molar-refractivity contribution in [2.75, 3.05) is 48.5 Å². The highest BCUT2D eigenvalue weighted by Crippen LogP contribution is 2.47. The number of hydrogen-bond acceptors (Lipinski definition) is 6. The zero-order valence-corrected chi connectivity index (χ0v) is 20.5. The second-order valence-corrected chi connectivity index (χ2v) is 9.65. The Balaban J connectivity index is 1.72. The van der Waals surface area contributed by atoms with Gasteiger partial charge in [0.25, 0.3) is 0 Å². The van der Waals surface area contributed by atoms with Crippen LogP contribution in [0.2, 0.25) is 0 Å². The second-order valence-electron chi connectivity index (χ2n) is 8.58. The number of hydrogen-bond donors (Lipinski definition) is 0. The van der Waals surface area contributed by atoms with Crippen LogP contribution in [0.4, 0.5) is 15.8 Å². The SMILES string of the molecule is CCCCCOC(=O)c1cc(C)c(N2C(=O)CSC2c2ccc(F)cc2)c(N2CCOCC2)c1. The predicted molar refractivity (Wildman–Crippen MR) is 133 cm³/mol. The number of nitrogens with zero attached hydrogens (tertiary/aromatic N) is 2. The van der Waals surface area contributed by atoms with Crippen LogP contribution >= 0.6 is 11.8 Å². The fourth-order valence-corrected chi connectivity index (χ4v) is 5.54. The van der Waals surface area contributed by atoms with Crippen molar-refractivity contribution in [3.8, 4) is 0 Å². The van der Waals surface area contributed by atoms with Crippen LogP contribution in [0.5, 0.6) is 0 Å². The van der Waals surface area contributed by atoms with Gasteiger partial charge >= 0.3 is 5.97 Å². The number of thioether (sulfide) groups is 1. The third-order valence-electron chi connectivity index (χ3n) is 6.11. The molecule has 0 aliphatic carbocycles. The van der Waals surface area contributed by atoms with Crippen LogP contribution < -0.4 is 9.80 Å². The molecule has 6 nitrogen and oxygen atoms in total. The summed E-state index contributed by atoms with van der Waals surface area (Å²) in [4.78, 5) is 29.9. The lowest BCUT2D eigenvalue weighted by atomic mass is 10.0. The maximum atomic E-state index is 13.5. The minimum absolute atomic E-state index is 0.00757. The van der Waals surface area contributed by atoms with E-state index in [0.29, 0.717) is 44.2 Å². The van der Waals surface area contributed by atoms with Crippen molar-refractivity contribution in [2.24, 2.45) is 0 Å². The van der Waals surface area contributed by atoms with Gasteiger partial charge in [-0.25, -0.2) is 9.18 Å². The van der Waals surface area contributed by atoms with E-state index < -0.39 is 0 Å². The Morgan fingerprint density at radius 1 is 1.18 bits per heavy atom. The van der Waals surface area contributed by atoms with Crippen LogP contribution in [-0.2, 0) is 14.3 Å². The summed E-state index contributed by atoms with van der Waals surface area (Å²) >= 11 is 1.52. The predicted octanol–water partition coefficient (Wildman–Crippen LogP) is 5.10. The number of carbonyl (C=O) groups is 2. The van der Waals surface area contributed by atoms with E-state index in [0.717, 1.165) is 41.8 Å². The second kappa shape index (κ2) is 11.2. The fourth-order valence-electron chi connectivity index (χ4n) is 4.38. The number of amides is 1. The Kier molecular flexibility index (Phi) is 8.11. The molecule has 1 unspecified atom stereocenters. The zero-order valence-electron chi connectivity index (χ0n) is 19.7. The third-order valence-corrected chi connectivity index (χ3v) is 7.33. The number of ether oxygens (including phenoxy) is 2. The number of esters is 1. The molecule has 2 saturated heterocycles. The molecule has 2 aromatic carbocycles. The molecule has 2 aliphatic rings. The molecule has 1 atom stereocenters. The normalized spacial score (nSPS) is 18.4. The number of benzene rings is 2. The van der Waals surface area contributed by atoms with Gasteiger partial charge in [-0.3, -0.25) is 9.69 Å². The summed E-state index contributed by atoms with van der Waals surface area (Å²) in [5, 5.41) is -0.265. The van der Waals surface area contributed by atoms with Crippen molar-refractivity contribution in [3.05, 3.63) is 58.9 Å². The summed E-state index contributed by atoms with van der Waals surface area (Å²) in [6.07, 6.45) is 2.92. The highest BCUT2D eigenvalue weighted by Gasteiger charge is 2.37. The van der Waals surface area contributed by atoms with Crippen LogP contribution in [0.25, 0.3) is 0 Å². The molecule has 0 bridgehead atoms. The third kappa shape index (κ3) is 5.39. The summed E-state index contributed by atoms with van der Waals surface area (Å²) < 4.78 is 24.6. The van der Waals surface area contributed by atoms with Crippen molar-refractivity contribution in [1.82, 2.24) is 0 Å². The van der Waals surface area contributed by atoms with Crippen LogP contribution in [0.1, 0.15) is 53.0 Å². The van der Waals surface area contributed by atoms with Gasteiger partial charge in [-0.15, -0.1) is 11.8 Å². The summed E-state index contributed by atoms with van der Waals surface area (Å²) in [6.45, 7) is 6.91. The number of rotatable bonds is 8. The maximum Gasteiger partial charge on any atom is 0.338 e. The molecular formula is C26H31FN2O4S. The van der Waals surface area contributed by atoms with Gasteiger partial charge in [0.15, 0.2) is 0 Å². The number of aryl methyl sites for hydroxylation is 1. The standard InChI is InChI=1S/C26H31FN2O4S/c1-3-4-5-12-33-26(31)20-15-18(2)24(22(16-20)28-10-13-32-14-11-28)29-23(30)17-34-25(29)19-6-8-21(27)9-7-19/h6-9,15-16,25H,3-5,10-14,17H2,1-2H3. The van der Waals surface area contributed by atoms with Gasteiger partial charge in [-0.1, -0.05) is 31.9 Å². The maximum absolute atomic E-state index is 13.5. The Labute approximate surface area is 204 Å². The van der Waals surface area contributed by atoms with Gasteiger partial charge in [0.2, 0.25) is 5.91 Å². The lowest BCUT2D eigenvalue weighted by molar-refractivity contribution is -0.115. The van der Waals surface area contributed by atoms with E-state index in [1.165, 1.54) is 23.9 Å². The Hall–Kier alpha value is -2.58. The Morgan fingerprint density at radius 3 is 2.62 bits per heavy atom. The molecule has 2 heterocycles. The summed E-state index contributed by atoms with van der Waals surface area (Å²) in [5.74, 6) is -0.327. The molecule has 0 saturated carbocycles. The van der Waals surface area contributed by atoms with Crippen molar-refractivity contribution in [3.63, 3.8) is 0 Å². The van der Waals surface area contributed by atoms with Crippen LogP contribution in [-0.4, -0.2) is 50.5 Å². The molecule has 0 spiro atoms. The molecule has 0 radical (unpaired) electrons. The van der Waals surface area contributed by atoms with Gasteiger partial charge in [0.05, 0.1) is 42.5 Å². The van der Waals surface area contributed by atoms with Gasteiger partial charge in [0, 0.05) is 13.1 Å². The van der Waals surface area contributed by atoms with Crippen LogP contribution in [0.3, 0.4) is 0 Å². The average Bonchev–Trinajstić information content (AvgIpc) is 3.23. The highest BCUT2D eigenvalue weighted by atomic mass is 32.2. The van der Waals surface area contributed by atoms with Crippen molar-refractivity contribution < 1.29 is 23.5 Å². The molecule has 1 amide bonds. The van der Waals surface area contributed by atoms with Gasteiger partial charge < -0.3 is 14.4 Å². The molecule has 0 N–H and O–H groups in total. The molecule has 182 valence electrons. The van der Waals surface area contributed by atoms with Crippen molar-refractivity contribution in [2.45, 2.75) is 38.5 Å². The first kappa shape index (κ1) is 24.5. The Morgan fingerprint density at radius 2 is 1.91 bits per heavy atom. The van der Waals surface area contributed by atoms with Gasteiger partial charge in [-0.2, -0.15) is 0 Å². The summed E-state index contributed by atoms with van der Waals surface area (Å²) in [7, 11) is 0. The number of morpholine rings is 1. The van der Waals surface area contributed by atoms with Crippen molar-refractivity contribution >= 4 is 35.0 Å². The minimum atomic E-state index is -0.350. The lowest BCUT2D eigenvalue weighted by Gasteiger charge is -2.35. The number of halogens is 1. The smallest absolute Gasteiger partial charge is 0.338 e. The molecular weight excluding hydrogens is 455 g/mol. The number of unbranched alkanes of at least 4 members (excludes halogenated alkanes) is 2. The van der Waals surface area contributed by atoms with Crippen LogP contribution in [0.15, 0.2) is 36.4 Å². The molecule has 2 fully saturated rings. The largest absolute Gasteiger partial charge is 0.462 e. The first-order valence-electron chi connectivity index (χ1n) is 11.8. The molecule has 2 aromatic rings.